The third-order valence-corrected chi connectivity index (χ3v) is 3.38. The van der Waals surface area contributed by atoms with E-state index in [0.717, 1.165) is 23.8 Å². The fourth-order valence-electron chi connectivity index (χ4n) is 2.27. The number of carboxylic acids is 1. The molecule has 0 radical (unpaired) electrons. The molecule has 0 amide bonds. The van der Waals surface area contributed by atoms with Crippen molar-refractivity contribution in [3.8, 4) is 0 Å². The molecule has 0 aliphatic rings. The van der Waals surface area contributed by atoms with Gasteiger partial charge < -0.3 is 10.4 Å². The van der Waals surface area contributed by atoms with Gasteiger partial charge in [-0.15, -0.1) is 0 Å². The molecule has 2 rings (SSSR count). The molecule has 2 N–H and O–H groups in total. The van der Waals surface area contributed by atoms with E-state index in [1.807, 2.05) is 37.3 Å². The van der Waals surface area contributed by atoms with Gasteiger partial charge in [0.15, 0.2) is 11.6 Å². The Morgan fingerprint density at radius 1 is 1.17 bits per heavy atom. The van der Waals surface area contributed by atoms with E-state index in [2.05, 4.69) is 5.32 Å². The van der Waals surface area contributed by atoms with E-state index >= 15 is 0 Å². The molecule has 0 aromatic heterocycles. The highest BCUT2D eigenvalue weighted by atomic mass is 19.2. The van der Waals surface area contributed by atoms with Crippen LogP contribution in [0.2, 0.25) is 0 Å². The summed E-state index contributed by atoms with van der Waals surface area (Å²) < 4.78 is 26.3. The first-order chi connectivity index (χ1) is 11.0. The normalized spacial score (nSPS) is 12.7. The zero-order chi connectivity index (χ0) is 16.8. The summed E-state index contributed by atoms with van der Waals surface area (Å²) in [5, 5.41) is 12.1. The van der Waals surface area contributed by atoms with Gasteiger partial charge >= 0.3 is 5.97 Å². The highest BCUT2D eigenvalue weighted by molar-refractivity contribution is 5.80. The first-order valence-electron chi connectivity index (χ1n) is 7.14. The Hall–Kier alpha value is -2.69. The van der Waals surface area contributed by atoms with Gasteiger partial charge in [0.1, 0.15) is 0 Å². The Bertz CT molecular complexity index is 714. The Morgan fingerprint density at radius 3 is 2.48 bits per heavy atom. The van der Waals surface area contributed by atoms with Gasteiger partial charge in [0.2, 0.25) is 0 Å². The molecule has 23 heavy (non-hydrogen) atoms. The van der Waals surface area contributed by atoms with Crippen LogP contribution in [0.1, 0.15) is 24.1 Å². The molecule has 5 heteroatoms. The van der Waals surface area contributed by atoms with Crippen molar-refractivity contribution in [3.63, 3.8) is 0 Å². The molecule has 0 fully saturated rings. The van der Waals surface area contributed by atoms with Crippen molar-refractivity contribution in [2.45, 2.75) is 19.4 Å². The Balaban J connectivity index is 2.17. The average Bonchev–Trinajstić information content (AvgIpc) is 2.51. The quantitative estimate of drug-likeness (QED) is 0.796. The van der Waals surface area contributed by atoms with Crippen LogP contribution in [0.4, 0.5) is 8.78 Å². The van der Waals surface area contributed by atoms with Crippen LogP contribution < -0.4 is 5.32 Å². The van der Waals surface area contributed by atoms with Crippen LogP contribution in [0.3, 0.4) is 0 Å². The minimum atomic E-state index is -1.10. The van der Waals surface area contributed by atoms with Crippen LogP contribution in [-0.2, 0) is 11.2 Å². The number of carbonyl (C=O) groups is 1. The molecule has 1 atom stereocenters. The molecule has 2 aromatic carbocycles. The lowest BCUT2D eigenvalue weighted by molar-refractivity contribution is -0.131. The molecule has 0 aliphatic carbocycles. The molecular weight excluding hydrogens is 300 g/mol. The van der Waals surface area contributed by atoms with Crippen molar-refractivity contribution in [2.75, 3.05) is 0 Å². The minimum Gasteiger partial charge on any atom is -0.478 e. The zero-order valence-electron chi connectivity index (χ0n) is 12.6. The Labute approximate surface area is 133 Å². The van der Waals surface area contributed by atoms with Crippen LogP contribution >= 0.6 is 0 Å². The molecule has 1 unspecified atom stereocenters. The lowest BCUT2D eigenvalue weighted by Gasteiger charge is -2.18. The fourth-order valence-corrected chi connectivity index (χ4v) is 2.27. The Kier molecular flexibility index (Phi) is 5.46. The SMILES string of the molecule is CC(N/C(=C\C(=O)O)Cc1ccc(F)c(F)c1)c1ccccc1. The number of benzene rings is 2. The molecule has 0 saturated heterocycles. The van der Waals surface area contributed by atoms with Crippen LogP contribution in [0.15, 0.2) is 60.3 Å². The van der Waals surface area contributed by atoms with Gasteiger partial charge in [-0.2, -0.15) is 0 Å². The molecule has 0 heterocycles. The number of rotatable bonds is 6. The highest BCUT2D eigenvalue weighted by Gasteiger charge is 2.10. The van der Waals surface area contributed by atoms with Crippen LogP contribution in [0.25, 0.3) is 0 Å². The molecule has 0 spiro atoms. The zero-order valence-corrected chi connectivity index (χ0v) is 12.6. The van der Waals surface area contributed by atoms with E-state index in [1.165, 1.54) is 6.07 Å². The highest BCUT2D eigenvalue weighted by Crippen LogP contribution is 2.16. The predicted molar refractivity (Wildman–Crippen MR) is 83.8 cm³/mol. The van der Waals surface area contributed by atoms with Gasteiger partial charge in [-0.05, 0) is 30.2 Å². The summed E-state index contributed by atoms with van der Waals surface area (Å²) >= 11 is 0. The van der Waals surface area contributed by atoms with Crippen LogP contribution in [0, 0.1) is 11.6 Å². The summed E-state index contributed by atoms with van der Waals surface area (Å²) in [5.74, 6) is -2.98. The van der Waals surface area contributed by atoms with Gasteiger partial charge in [-0.25, -0.2) is 13.6 Å². The maximum atomic E-state index is 13.3. The monoisotopic (exact) mass is 317 g/mol. The summed E-state index contributed by atoms with van der Waals surface area (Å²) in [4.78, 5) is 11.0. The second kappa shape index (κ2) is 7.54. The van der Waals surface area contributed by atoms with Crippen molar-refractivity contribution in [2.24, 2.45) is 0 Å². The first-order valence-corrected chi connectivity index (χ1v) is 7.14. The lowest BCUT2D eigenvalue weighted by Crippen LogP contribution is -2.20. The van der Waals surface area contributed by atoms with Crippen LogP contribution in [0.5, 0.6) is 0 Å². The van der Waals surface area contributed by atoms with E-state index in [1.54, 1.807) is 0 Å². The summed E-state index contributed by atoms with van der Waals surface area (Å²) in [7, 11) is 0. The van der Waals surface area contributed by atoms with E-state index in [4.69, 9.17) is 5.11 Å². The summed E-state index contributed by atoms with van der Waals surface area (Å²) in [6.07, 6.45) is 1.21. The number of hydrogen-bond acceptors (Lipinski definition) is 2. The maximum absolute atomic E-state index is 13.3. The smallest absolute Gasteiger partial charge is 0.330 e. The third kappa shape index (κ3) is 4.92. The maximum Gasteiger partial charge on any atom is 0.330 e. The first kappa shape index (κ1) is 16.7. The molecule has 120 valence electrons. The van der Waals surface area contributed by atoms with Crippen molar-refractivity contribution < 1.29 is 18.7 Å². The summed E-state index contributed by atoms with van der Waals surface area (Å²) in [6.45, 7) is 1.90. The second-order valence-corrected chi connectivity index (χ2v) is 5.21. The number of halogens is 2. The van der Waals surface area contributed by atoms with Gasteiger partial charge in [-0.3, -0.25) is 0 Å². The van der Waals surface area contributed by atoms with Gasteiger partial charge in [0.25, 0.3) is 0 Å². The largest absolute Gasteiger partial charge is 0.478 e. The number of nitrogens with one attached hydrogen (secondary N) is 1. The summed E-state index contributed by atoms with van der Waals surface area (Å²) in [5.41, 5.74) is 1.90. The van der Waals surface area contributed by atoms with Gasteiger partial charge in [0, 0.05) is 24.2 Å². The lowest BCUT2D eigenvalue weighted by atomic mass is 10.1. The fraction of sp³-hybridized carbons (Fsp3) is 0.167. The van der Waals surface area contributed by atoms with Gasteiger partial charge in [0.05, 0.1) is 0 Å². The molecular formula is C18H17F2NO2. The van der Waals surface area contributed by atoms with E-state index in [9.17, 15) is 13.6 Å². The Morgan fingerprint density at radius 2 is 1.87 bits per heavy atom. The molecule has 3 nitrogen and oxygen atoms in total. The van der Waals surface area contributed by atoms with Crippen molar-refractivity contribution in [1.82, 2.24) is 5.32 Å². The predicted octanol–water partition coefficient (Wildman–Crippen LogP) is 3.83. The minimum absolute atomic E-state index is 0.118. The van der Waals surface area contributed by atoms with E-state index in [-0.39, 0.29) is 12.5 Å². The van der Waals surface area contributed by atoms with E-state index in [0.29, 0.717) is 11.3 Å². The number of carboxylic acid groups (broad SMARTS) is 1. The van der Waals surface area contributed by atoms with Crippen molar-refractivity contribution >= 4 is 5.97 Å². The topological polar surface area (TPSA) is 49.3 Å². The average molecular weight is 317 g/mol. The summed E-state index contributed by atoms with van der Waals surface area (Å²) in [6, 6.07) is 12.9. The molecule has 2 aromatic rings. The van der Waals surface area contributed by atoms with Gasteiger partial charge in [-0.1, -0.05) is 36.4 Å². The van der Waals surface area contributed by atoms with Crippen molar-refractivity contribution in [3.05, 3.63) is 83.1 Å². The third-order valence-electron chi connectivity index (χ3n) is 3.38. The number of allylic oxidation sites excluding steroid dienone is 1. The molecule has 0 bridgehead atoms. The van der Waals surface area contributed by atoms with E-state index < -0.39 is 17.6 Å². The number of hydrogen-bond donors (Lipinski definition) is 2. The number of aliphatic carboxylic acids is 1. The molecule has 0 saturated carbocycles. The molecule has 0 aliphatic heterocycles. The standard InChI is InChI=1S/C18H17F2NO2/c1-12(14-5-3-2-4-6-14)21-15(11-18(22)23)9-13-7-8-16(19)17(20)10-13/h2-8,10-12,21H,9H2,1H3,(H,22,23)/b15-11-. The van der Waals surface area contributed by atoms with Crippen LogP contribution in [-0.4, -0.2) is 11.1 Å². The second-order valence-electron chi connectivity index (χ2n) is 5.21. The van der Waals surface area contributed by atoms with Crippen molar-refractivity contribution in [1.29, 1.82) is 0 Å².